The van der Waals surface area contributed by atoms with E-state index >= 15 is 0 Å². The van der Waals surface area contributed by atoms with Crippen LogP contribution in [0.4, 0.5) is 0 Å². The van der Waals surface area contributed by atoms with E-state index in [0.717, 1.165) is 11.1 Å². The second-order valence-corrected chi connectivity index (χ2v) is 6.32. The lowest BCUT2D eigenvalue weighted by atomic mass is 10.2. The van der Waals surface area contributed by atoms with Crippen LogP contribution in [0.5, 0.6) is 11.5 Å². The molecule has 7 nitrogen and oxygen atoms in total. The van der Waals surface area contributed by atoms with Gasteiger partial charge in [-0.15, -0.1) is 0 Å². The fraction of sp³-hybridized carbons (Fsp3) is 0.278. The number of halogens is 1. The lowest BCUT2D eigenvalue weighted by Crippen LogP contribution is -2.16. The average Bonchev–Trinajstić information content (AvgIpc) is 3.04. The summed E-state index contributed by atoms with van der Waals surface area (Å²) in [5.74, 6) is 1.85. The van der Waals surface area contributed by atoms with Crippen LogP contribution in [0, 0.1) is 4.77 Å². The van der Waals surface area contributed by atoms with E-state index in [0.29, 0.717) is 46.9 Å². The standard InChI is InChI=1S/C18H20ClN5O2S/c1-3-25-15-10-12(9-14(19)16(15)26-4-2)11-21-24-17(22-23-18(24)27)13-5-7-20-8-6-13/h5-10,21H,3-4,11H2,1-2H3,(H,23,27). The average molecular weight is 406 g/mol. The second kappa shape index (κ2) is 8.88. The van der Waals surface area contributed by atoms with E-state index in [1.807, 2.05) is 38.1 Å². The predicted molar refractivity (Wildman–Crippen MR) is 107 cm³/mol. The Morgan fingerprint density at radius 2 is 1.93 bits per heavy atom. The summed E-state index contributed by atoms with van der Waals surface area (Å²) in [6, 6.07) is 7.48. The molecule has 0 saturated carbocycles. The normalized spacial score (nSPS) is 10.6. The highest BCUT2D eigenvalue weighted by atomic mass is 35.5. The van der Waals surface area contributed by atoms with Crippen LogP contribution in [0.1, 0.15) is 19.4 Å². The molecular weight excluding hydrogens is 386 g/mol. The molecule has 3 rings (SSSR count). The van der Waals surface area contributed by atoms with E-state index < -0.39 is 0 Å². The van der Waals surface area contributed by atoms with Gasteiger partial charge in [-0.1, -0.05) is 11.6 Å². The summed E-state index contributed by atoms with van der Waals surface area (Å²) in [5.41, 5.74) is 5.09. The SMILES string of the molecule is CCOc1cc(CNn2c(-c3ccncc3)n[nH]c2=S)cc(Cl)c1OCC. The predicted octanol–water partition coefficient (Wildman–Crippen LogP) is 4.20. The van der Waals surface area contributed by atoms with Crippen LogP contribution in [-0.4, -0.2) is 33.1 Å². The van der Waals surface area contributed by atoms with Crippen LogP contribution in [0.3, 0.4) is 0 Å². The third-order valence-electron chi connectivity index (χ3n) is 3.71. The number of pyridine rings is 1. The zero-order valence-corrected chi connectivity index (χ0v) is 16.6. The molecule has 0 unspecified atom stereocenters. The first kappa shape index (κ1) is 19.2. The van der Waals surface area contributed by atoms with E-state index in [-0.39, 0.29) is 0 Å². The molecule has 2 heterocycles. The smallest absolute Gasteiger partial charge is 0.214 e. The number of nitrogens with one attached hydrogen (secondary N) is 2. The molecule has 0 bridgehead atoms. The molecule has 9 heteroatoms. The van der Waals surface area contributed by atoms with Gasteiger partial charge in [0, 0.05) is 18.0 Å². The number of hydrogen-bond acceptors (Lipinski definition) is 6. The van der Waals surface area contributed by atoms with E-state index in [9.17, 15) is 0 Å². The molecule has 1 aromatic carbocycles. The first-order valence-corrected chi connectivity index (χ1v) is 9.32. The highest BCUT2D eigenvalue weighted by Crippen LogP contribution is 2.36. The Kier molecular flexibility index (Phi) is 6.31. The first-order chi connectivity index (χ1) is 13.1. The Morgan fingerprint density at radius 3 is 2.63 bits per heavy atom. The minimum Gasteiger partial charge on any atom is -0.490 e. The highest BCUT2D eigenvalue weighted by Gasteiger charge is 2.13. The maximum absolute atomic E-state index is 6.38. The molecule has 2 aromatic heterocycles. The van der Waals surface area contributed by atoms with Crippen molar-refractivity contribution >= 4 is 23.8 Å². The van der Waals surface area contributed by atoms with Crippen LogP contribution in [0.15, 0.2) is 36.7 Å². The van der Waals surface area contributed by atoms with Gasteiger partial charge in [0.2, 0.25) is 4.77 Å². The zero-order valence-electron chi connectivity index (χ0n) is 15.0. The van der Waals surface area contributed by atoms with Gasteiger partial charge in [-0.05, 0) is 55.9 Å². The summed E-state index contributed by atoms with van der Waals surface area (Å²) in [4.78, 5) is 4.03. The molecule has 2 N–H and O–H groups in total. The van der Waals surface area contributed by atoms with E-state index in [2.05, 4.69) is 20.6 Å². The van der Waals surface area contributed by atoms with Crippen molar-refractivity contribution < 1.29 is 9.47 Å². The number of aromatic amines is 1. The summed E-state index contributed by atoms with van der Waals surface area (Å²) >= 11 is 11.7. The first-order valence-electron chi connectivity index (χ1n) is 8.53. The van der Waals surface area contributed by atoms with E-state index in [1.54, 1.807) is 17.1 Å². The van der Waals surface area contributed by atoms with Crippen molar-refractivity contribution in [3.63, 3.8) is 0 Å². The molecule has 0 saturated heterocycles. The van der Waals surface area contributed by atoms with Crippen molar-refractivity contribution in [1.82, 2.24) is 19.9 Å². The van der Waals surface area contributed by atoms with Gasteiger partial charge in [0.05, 0.1) is 24.8 Å². The Labute approximate surface area is 167 Å². The van der Waals surface area contributed by atoms with Crippen molar-refractivity contribution in [3.05, 3.63) is 52.0 Å². The van der Waals surface area contributed by atoms with Crippen molar-refractivity contribution in [2.75, 3.05) is 18.6 Å². The number of aromatic nitrogens is 4. The van der Waals surface area contributed by atoms with Gasteiger partial charge in [-0.2, -0.15) is 5.10 Å². The fourth-order valence-corrected chi connectivity index (χ4v) is 3.06. The van der Waals surface area contributed by atoms with Crippen molar-refractivity contribution in [2.45, 2.75) is 20.4 Å². The largest absolute Gasteiger partial charge is 0.490 e. The Morgan fingerprint density at radius 1 is 1.19 bits per heavy atom. The molecule has 0 atom stereocenters. The molecule has 0 aliphatic heterocycles. The Bertz CT molecular complexity index is 958. The van der Waals surface area contributed by atoms with E-state index in [1.165, 1.54) is 0 Å². The van der Waals surface area contributed by atoms with Crippen LogP contribution in [0.2, 0.25) is 5.02 Å². The summed E-state index contributed by atoms with van der Waals surface area (Å²) < 4.78 is 13.5. The number of ether oxygens (including phenoxy) is 2. The second-order valence-electron chi connectivity index (χ2n) is 5.53. The quantitative estimate of drug-likeness (QED) is 0.547. The molecule has 0 aliphatic carbocycles. The maximum Gasteiger partial charge on any atom is 0.214 e. The monoisotopic (exact) mass is 405 g/mol. The number of hydrogen-bond donors (Lipinski definition) is 2. The van der Waals surface area contributed by atoms with Gasteiger partial charge in [0.25, 0.3) is 0 Å². The lowest BCUT2D eigenvalue weighted by molar-refractivity contribution is 0.287. The molecule has 0 spiro atoms. The minimum atomic E-state index is 0.462. The highest BCUT2D eigenvalue weighted by molar-refractivity contribution is 7.71. The van der Waals surface area contributed by atoms with Crippen LogP contribution in [0.25, 0.3) is 11.4 Å². The van der Waals surface area contributed by atoms with Gasteiger partial charge in [0.1, 0.15) is 0 Å². The number of nitrogens with zero attached hydrogens (tertiary/aromatic N) is 3. The Hall–Kier alpha value is -2.58. The van der Waals surface area contributed by atoms with Gasteiger partial charge in [-0.3, -0.25) is 4.98 Å². The number of H-pyrrole nitrogens is 1. The maximum atomic E-state index is 6.38. The third kappa shape index (κ3) is 4.40. The van der Waals surface area contributed by atoms with Gasteiger partial charge >= 0.3 is 0 Å². The van der Waals surface area contributed by atoms with E-state index in [4.69, 9.17) is 33.3 Å². The summed E-state index contributed by atoms with van der Waals surface area (Å²) in [7, 11) is 0. The van der Waals surface area contributed by atoms with Crippen molar-refractivity contribution in [2.24, 2.45) is 0 Å². The molecule has 27 heavy (non-hydrogen) atoms. The molecule has 0 amide bonds. The van der Waals surface area contributed by atoms with Crippen molar-refractivity contribution in [1.29, 1.82) is 0 Å². The molecule has 0 radical (unpaired) electrons. The minimum absolute atomic E-state index is 0.462. The summed E-state index contributed by atoms with van der Waals surface area (Å²) in [5, 5.41) is 7.59. The summed E-state index contributed by atoms with van der Waals surface area (Å²) in [6.45, 7) is 5.32. The Balaban J connectivity index is 1.86. The molecular formula is C18H20ClN5O2S. The van der Waals surface area contributed by atoms with Gasteiger partial charge in [0.15, 0.2) is 17.3 Å². The lowest BCUT2D eigenvalue weighted by Gasteiger charge is -2.15. The van der Waals surface area contributed by atoms with Crippen molar-refractivity contribution in [3.8, 4) is 22.9 Å². The molecule has 142 valence electrons. The van der Waals surface area contributed by atoms with Crippen LogP contribution < -0.4 is 14.9 Å². The molecule has 0 fully saturated rings. The summed E-state index contributed by atoms with van der Waals surface area (Å²) in [6.07, 6.45) is 3.41. The van der Waals surface area contributed by atoms with Crippen LogP contribution in [-0.2, 0) is 6.54 Å². The zero-order chi connectivity index (χ0) is 19.2. The number of benzene rings is 1. The van der Waals surface area contributed by atoms with Crippen LogP contribution >= 0.6 is 23.8 Å². The number of rotatable bonds is 8. The van der Waals surface area contributed by atoms with Gasteiger partial charge in [-0.25, -0.2) is 9.77 Å². The molecule has 3 aromatic rings. The topological polar surface area (TPSA) is 77.0 Å². The van der Waals surface area contributed by atoms with Gasteiger partial charge < -0.3 is 14.9 Å². The third-order valence-corrected chi connectivity index (χ3v) is 4.26. The fourth-order valence-electron chi connectivity index (χ4n) is 2.58. The molecule has 0 aliphatic rings.